The van der Waals surface area contributed by atoms with Gasteiger partial charge in [-0.2, -0.15) is 0 Å². The molecule has 0 radical (unpaired) electrons. The van der Waals surface area contributed by atoms with Crippen molar-refractivity contribution in [3.05, 3.63) is 24.3 Å². The molecular formula is C45H89NO7P+. The zero-order valence-corrected chi connectivity index (χ0v) is 37.1. The summed E-state index contributed by atoms with van der Waals surface area (Å²) in [7, 11) is 1.67. The first-order chi connectivity index (χ1) is 26.1. The molecule has 0 aromatic carbocycles. The molecule has 0 aliphatic carbocycles. The molecule has 0 saturated heterocycles. The lowest BCUT2D eigenvalue weighted by Crippen LogP contribution is -2.37. The van der Waals surface area contributed by atoms with Crippen molar-refractivity contribution >= 4 is 13.8 Å². The van der Waals surface area contributed by atoms with Gasteiger partial charge in [0.05, 0.1) is 34.4 Å². The number of esters is 1. The van der Waals surface area contributed by atoms with Crippen molar-refractivity contribution in [2.24, 2.45) is 0 Å². The van der Waals surface area contributed by atoms with Crippen molar-refractivity contribution in [2.45, 2.75) is 206 Å². The number of hydrogen-bond donors (Lipinski definition) is 1. The largest absolute Gasteiger partial charge is 0.472 e. The SMILES string of the molecule is CCC/C=C\CCCCCCCCOCC(COP(=O)(O)OCC[N+](C)(C)C)OC(=O)CCCCCCCCCCC/C=C\CCCCCCCCCC. The van der Waals surface area contributed by atoms with Gasteiger partial charge in [0.2, 0.25) is 0 Å². The van der Waals surface area contributed by atoms with Crippen LogP contribution in [0.2, 0.25) is 0 Å². The van der Waals surface area contributed by atoms with Crippen LogP contribution in [0.3, 0.4) is 0 Å². The summed E-state index contributed by atoms with van der Waals surface area (Å²) in [4.78, 5) is 22.9. The van der Waals surface area contributed by atoms with Crippen molar-refractivity contribution in [3.63, 3.8) is 0 Å². The van der Waals surface area contributed by atoms with Crippen LogP contribution < -0.4 is 0 Å². The van der Waals surface area contributed by atoms with E-state index in [-0.39, 0.29) is 25.8 Å². The van der Waals surface area contributed by atoms with E-state index in [0.29, 0.717) is 24.1 Å². The molecule has 8 nitrogen and oxygen atoms in total. The summed E-state index contributed by atoms with van der Waals surface area (Å²) in [5, 5.41) is 0. The minimum absolute atomic E-state index is 0.0882. The Morgan fingerprint density at radius 1 is 0.556 bits per heavy atom. The number of quaternary nitrogens is 1. The number of likely N-dealkylation sites (N-methyl/N-ethyl adjacent to an activating group) is 1. The molecule has 0 aromatic heterocycles. The van der Waals surface area contributed by atoms with Gasteiger partial charge in [0.25, 0.3) is 0 Å². The van der Waals surface area contributed by atoms with Gasteiger partial charge in [0.15, 0.2) is 0 Å². The van der Waals surface area contributed by atoms with Gasteiger partial charge >= 0.3 is 13.8 Å². The van der Waals surface area contributed by atoms with E-state index in [1.807, 2.05) is 21.1 Å². The maximum absolute atomic E-state index is 12.7. The first-order valence-electron chi connectivity index (χ1n) is 22.6. The molecule has 0 rings (SSSR count). The normalized spacial score (nSPS) is 14.0. The van der Waals surface area contributed by atoms with E-state index in [2.05, 4.69) is 38.2 Å². The summed E-state index contributed by atoms with van der Waals surface area (Å²) < 4.78 is 35.0. The number of nitrogens with zero attached hydrogens (tertiary/aromatic N) is 1. The Bertz CT molecular complexity index is 920. The molecular weight excluding hydrogens is 697 g/mol. The number of carbonyl (C=O) groups excluding carboxylic acids is 1. The fourth-order valence-electron chi connectivity index (χ4n) is 6.20. The van der Waals surface area contributed by atoms with Gasteiger partial charge in [0, 0.05) is 13.0 Å². The lowest BCUT2D eigenvalue weighted by molar-refractivity contribution is -0.870. The van der Waals surface area contributed by atoms with Crippen LogP contribution in [0.4, 0.5) is 0 Å². The van der Waals surface area contributed by atoms with Gasteiger partial charge in [0.1, 0.15) is 19.3 Å². The van der Waals surface area contributed by atoms with Crippen LogP contribution in [0.5, 0.6) is 0 Å². The number of unbranched alkanes of at least 4 members (excludes halogenated alkanes) is 24. The third-order valence-corrected chi connectivity index (χ3v) is 10.7. The summed E-state index contributed by atoms with van der Waals surface area (Å²) in [5.41, 5.74) is 0. The zero-order valence-electron chi connectivity index (χ0n) is 36.2. The minimum Gasteiger partial charge on any atom is -0.457 e. The van der Waals surface area contributed by atoms with Crippen LogP contribution in [-0.4, -0.2) is 75.6 Å². The molecule has 0 heterocycles. The van der Waals surface area contributed by atoms with E-state index in [1.165, 1.54) is 148 Å². The zero-order chi connectivity index (χ0) is 39.9. The highest BCUT2D eigenvalue weighted by molar-refractivity contribution is 7.47. The molecule has 0 aliphatic rings. The Labute approximate surface area is 334 Å². The van der Waals surface area contributed by atoms with Gasteiger partial charge in [-0.25, -0.2) is 4.57 Å². The quantitative estimate of drug-likeness (QED) is 0.0217. The molecule has 0 saturated carbocycles. The third kappa shape index (κ3) is 42.1. The molecule has 0 spiro atoms. The minimum atomic E-state index is -4.27. The number of allylic oxidation sites excluding steroid dienone is 4. The summed E-state index contributed by atoms with van der Waals surface area (Å²) >= 11 is 0. The van der Waals surface area contributed by atoms with Crippen molar-refractivity contribution in [3.8, 4) is 0 Å². The molecule has 2 atom stereocenters. The van der Waals surface area contributed by atoms with E-state index < -0.39 is 13.9 Å². The molecule has 54 heavy (non-hydrogen) atoms. The third-order valence-electron chi connectivity index (χ3n) is 9.72. The number of hydrogen-bond acceptors (Lipinski definition) is 6. The lowest BCUT2D eigenvalue weighted by atomic mass is 10.1. The molecule has 0 aliphatic heterocycles. The Morgan fingerprint density at radius 3 is 1.48 bits per heavy atom. The van der Waals surface area contributed by atoms with Gasteiger partial charge < -0.3 is 18.9 Å². The molecule has 0 aromatic rings. The van der Waals surface area contributed by atoms with E-state index in [0.717, 1.165) is 32.1 Å². The predicted molar refractivity (Wildman–Crippen MR) is 229 cm³/mol. The van der Waals surface area contributed by atoms with E-state index in [4.69, 9.17) is 18.5 Å². The molecule has 0 fully saturated rings. The van der Waals surface area contributed by atoms with Gasteiger partial charge in [-0.3, -0.25) is 13.8 Å². The number of ether oxygens (including phenoxy) is 2. The van der Waals surface area contributed by atoms with Crippen LogP contribution in [0.15, 0.2) is 24.3 Å². The highest BCUT2D eigenvalue weighted by Crippen LogP contribution is 2.43. The Balaban J connectivity index is 4.14. The van der Waals surface area contributed by atoms with Crippen LogP contribution in [0.25, 0.3) is 0 Å². The van der Waals surface area contributed by atoms with Gasteiger partial charge in [-0.1, -0.05) is 160 Å². The van der Waals surface area contributed by atoms with Crippen LogP contribution >= 0.6 is 7.82 Å². The highest BCUT2D eigenvalue weighted by Gasteiger charge is 2.26. The Hall–Kier alpha value is -1.02. The highest BCUT2D eigenvalue weighted by atomic mass is 31.2. The number of phosphoric ester groups is 1. The summed E-state index contributed by atoms with van der Waals surface area (Å²) in [6.45, 7) is 5.57. The average Bonchev–Trinajstić information content (AvgIpc) is 3.12. The topological polar surface area (TPSA) is 91.3 Å². The van der Waals surface area contributed by atoms with E-state index in [9.17, 15) is 14.3 Å². The molecule has 9 heteroatoms. The molecule has 1 N–H and O–H groups in total. The average molecular weight is 787 g/mol. The van der Waals surface area contributed by atoms with Gasteiger partial charge in [-0.05, 0) is 57.8 Å². The monoisotopic (exact) mass is 787 g/mol. The first kappa shape index (κ1) is 53.0. The van der Waals surface area contributed by atoms with Crippen molar-refractivity contribution in [2.75, 3.05) is 54.1 Å². The second-order valence-corrected chi connectivity index (χ2v) is 17.9. The van der Waals surface area contributed by atoms with Crippen molar-refractivity contribution in [1.82, 2.24) is 0 Å². The fourth-order valence-corrected chi connectivity index (χ4v) is 6.94. The van der Waals surface area contributed by atoms with E-state index >= 15 is 0 Å². The number of phosphoric acid groups is 1. The summed E-state index contributed by atoms with van der Waals surface area (Å²) in [6.07, 6.45) is 43.6. The molecule has 320 valence electrons. The summed E-state index contributed by atoms with van der Waals surface area (Å²) in [6, 6.07) is 0. The molecule has 0 bridgehead atoms. The Kier molecular flexibility index (Phi) is 38.1. The standard InChI is InChI=1S/C45H88NO7P/c1-6-8-10-12-14-16-18-19-20-21-22-23-24-25-26-27-28-30-32-34-36-38-45(47)53-44(43-52-54(48,49)51-41-39-46(3,4)5)42-50-40-37-35-33-31-29-17-15-13-11-9-7-2/h11,13,21-22,44H,6-10,12,14-20,23-43H2,1-5H3/p+1/b13-11-,22-21-. The Morgan fingerprint density at radius 2 is 1.00 bits per heavy atom. The fraction of sp³-hybridized carbons (Fsp3) is 0.889. The second kappa shape index (κ2) is 38.8. The molecule has 0 amide bonds. The maximum Gasteiger partial charge on any atom is 0.472 e. The molecule has 2 unspecified atom stereocenters. The maximum atomic E-state index is 12.7. The van der Waals surface area contributed by atoms with Gasteiger partial charge in [-0.15, -0.1) is 0 Å². The number of rotatable bonds is 42. The van der Waals surface area contributed by atoms with Crippen LogP contribution in [0, 0.1) is 0 Å². The second-order valence-electron chi connectivity index (χ2n) is 16.4. The van der Waals surface area contributed by atoms with Crippen LogP contribution in [-0.2, 0) is 27.9 Å². The van der Waals surface area contributed by atoms with Crippen LogP contribution in [0.1, 0.15) is 200 Å². The smallest absolute Gasteiger partial charge is 0.457 e. The number of carbonyl (C=O) groups is 1. The van der Waals surface area contributed by atoms with Crippen molar-refractivity contribution in [1.29, 1.82) is 0 Å². The first-order valence-corrected chi connectivity index (χ1v) is 24.1. The summed E-state index contributed by atoms with van der Waals surface area (Å²) in [5.74, 6) is -0.317. The van der Waals surface area contributed by atoms with E-state index in [1.54, 1.807) is 0 Å². The van der Waals surface area contributed by atoms with Crippen molar-refractivity contribution < 1.29 is 37.3 Å². The predicted octanol–water partition coefficient (Wildman–Crippen LogP) is 13.2. The lowest BCUT2D eigenvalue weighted by Gasteiger charge is -2.24.